The van der Waals surface area contributed by atoms with E-state index in [1.54, 1.807) is 16.7 Å². The number of carbonyl (C=O) groups is 1. The van der Waals surface area contributed by atoms with E-state index in [0.717, 1.165) is 0 Å². The molecule has 0 saturated carbocycles. The largest absolute Gasteiger partial charge is 0.508 e. The summed E-state index contributed by atoms with van der Waals surface area (Å²) in [6.07, 6.45) is 0. The molecule has 0 fully saturated rings. The van der Waals surface area contributed by atoms with Crippen LogP contribution in [0.1, 0.15) is 25.6 Å². The monoisotopic (exact) mass is 234 g/mol. The SMILES string of the molecule is CC(C)c1nc2ccc(O)cc2n1CC(=O)O. The van der Waals surface area contributed by atoms with E-state index in [2.05, 4.69) is 4.98 Å². The zero-order valence-corrected chi connectivity index (χ0v) is 9.71. The highest BCUT2D eigenvalue weighted by atomic mass is 16.4. The zero-order chi connectivity index (χ0) is 12.6. The number of carboxylic acid groups (broad SMARTS) is 1. The minimum atomic E-state index is -0.922. The minimum Gasteiger partial charge on any atom is -0.508 e. The molecule has 0 aliphatic carbocycles. The molecule has 5 heteroatoms. The van der Waals surface area contributed by atoms with Crippen molar-refractivity contribution in [3.63, 3.8) is 0 Å². The molecule has 1 aromatic carbocycles. The number of rotatable bonds is 3. The van der Waals surface area contributed by atoms with Gasteiger partial charge >= 0.3 is 5.97 Å². The fourth-order valence-electron chi connectivity index (χ4n) is 1.87. The van der Waals surface area contributed by atoms with Crippen LogP contribution in [0.3, 0.4) is 0 Å². The first-order valence-electron chi connectivity index (χ1n) is 5.40. The Morgan fingerprint density at radius 2 is 2.18 bits per heavy atom. The zero-order valence-electron chi connectivity index (χ0n) is 9.71. The fraction of sp³-hybridized carbons (Fsp3) is 0.333. The molecule has 0 atom stereocenters. The number of imidazole rings is 1. The molecule has 0 unspecified atom stereocenters. The quantitative estimate of drug-likeness (QED) is 0.851. The molecular formula is C12H14N2O3. The van der Waals surface area contributed by atoms with Crippen LogP contribution in [0.5, 0.6) is 5.75 Å². The van der Waals surface area contributed by atoms with Gasteiger partial charge in [-0.3, -0.25) is 4.79 Å². The van der Waals surface area contributed by atoms with E-state index in [0.29, 0.717) is 16.9 Å². The summed E-state index contributed by atoms with van der Waals surface area (Å²) in [5.41, 5.74) is 1.35. The average Bonchev–Trinajstić information content (AvgIpc) is 2.56. The van der Waals surface area contributed by atoms with Gasteiger partial charge < -0.3 is 14.8 Å². The summed E-state index contributed by atoms with van der Waals surface area (Å²) in [6, 6.07) is 4.77. The fourth-order valence-corrected chi connectivity index (χ4v) is 1.87. The van der Waals surface area contributed by atoms with Crippen LogP contribution in [-0.2, 0) is 11.3 Å². The minimum absolute atomic E-state index is 0.111. The van der Waals surface area contributed by atoms with Gasteiger partial charge in [0.2, 0.25) is 0 Å². The third-order valence-corrected chi connectivity index (χ3v) is 2.57. The topological polar surface area (TPSA) is 75.4 Å². The van der Waals surface area contributed by atoms with Crippen LogP contribution in [0.25, 0.3) is 11.0 Å². The predicted octanol–water partition coefficient (Wildman–Crippen LogP) is 1.95. The smallest absolute Gasteiger partial charge is 0.323 e. The Morgan fingerprint density at radius 3 is 2.76 bits per heavy atom. The maximum absolute atomic E-state index is 10.9. The lowest BCUT2D eigenvalue weighted by molar-refractivity contribution is -0.137. The van der Waals surface area contributed by atoms with Crippen LogP contribution in [-0.4, -0.2) is 25.7 Å². The van der Waals surface area contributed by atoms with E-state index in [1.807, 2.05) is 13.8 Å². The molecule has 17 heavy (non-hydrogen) atoms. The Bertz CT molecular complexity index is 572. The van der Waals surface area contributed by atoms with Gasteiger partial charge in [-0.15, -0.1) is 0 Å². The second kappa shape index (κ2) is 4.08. The molecule has 2 aromatic rings. The second-order valence-electron chi connectivity index (χ2n) is 4.28. The highest BCUT2D eigenvalue weighted by molar-refractivity contribution is 5.80. The van der Waals surface area contributed by atoms with Gasteiger partial charge in [0.05, 0.1) is 11.0 Å². The van der Waals surface area contributed by atoms with Crippen LogP contribution in [0.4, 0.5) is 0 Å². The number of hydrogen-bond acceptors (Lipinski definition) is 3. The lowest BCUT2D eigenvalue weighted by atomic mass is 10.2. The van der Waals surface area contributed by atoms with E-state index in [9.17, 15) is 9.90 Å². The number of benzene rings is 1. The number of aromatic hydroxyl groups is 1. The van der Waals surface area contributed by atoms with Crippen molar-refractivity contribution in [2.24, 2.45) is 0 Å². The normalized spacial score (nSPS) is 11.2. The van der Waals surface area contributed by atoms with Crippen molar-refractivity contribution in [3.8, 4) is 5.75 Å². The van der Waals surface area contributed by atoms with Crippen molar-refractivity contribution in [1.29, 1.82) is 0 Å². The van der Waals surface area contributed by atoms with Crippen LogP contribution in [0.2, 0.25) is 0 Å². The maximum atomic E-state index is 10.9. The van der Waals surface area contributed by atoms with E-state index in [4.69, 9.17) is 5.11 Å². The van der Waals surface area contributed by atoms with Gasteiger partial charge in [0, 0.05) is 12.0 Å². The molecular weight excluding hydrogens is 220 g/mol. The van der Waals surface area contributed by atoms with E-state index in [-0.39, 0.29) is 18.2 Å². The Balaban J connectivity index is 2.68. The molecule has 0 amide bonds. The van der Waals surface area contributed by atoms with Gasteiger partial charge in [-0.1, -0.05) is 13.8 Å². The van der Waals surface area contributed by atoms with Crippen molar-refractivity contribution in [3.05, 3.63) is 24.0 Å². The third-order valence-electron chi connectivity index (χ3n) is 2.57. The molecule has 0 saturated heterocycles. The highest BCUT2D eigenvalue weighted by Crippen LogP contribution is 2.24. The standard InChI is InChI=1S/C12H14N2O3/c1-7(2)12-13-9-4-3-8(15)5-10(9)14(12)6-11(16)17/h3-5,7,15H,6H2,1-2H3,(H,16,17). The lowest BCUT2D eigenvalue weighted by Crippen LogP contribution is -2.12. The van der Waals surface area contributed by atoms with Crippen LogP contribution >= 0.6 is 0 Å². The van der Waals surface area contributed by atoms with Gasteiger partial charge in [0.15, 0.2) is 0 Å². The first-order chi connectivity index (χ1) is 7.99. The number of phenols is 1. The molecule has 1 aromatic heterocycles. The molecule has 0 bridgehead atoms. The van der Waals surface area contributed by atoms with Gasteiger partial charge in [-0.05, 0) is 12.1 Å². The first-order valence-corrected chi connectivity index (χ1v) is 5.40. The molecule has 0 radical (unpaired) electrons. The number of aliphatic carboxylic acids is 1. The van der Waals surface area contributed by atoms with Crippen molar-refractivity contribution in [1.82, 2.24) is 9.55 Å². The summed E-state index contributed by atoms with van der Waals surface area (Å²) in [5.74, 6) is 0.0331. The van der Waals surface area contributed by atoms with Gasteiger partial charge in [-0.2, -0.15) is 0 Å². The number of nitrogens with zero attached hydrogens (tertiary/aromatic N) is 2. The average molecular weight is 234 g/mol. The first kappa shape index (κ1) is 11.4. The van der Waals surface area contributed by atoms with Gasteiger partial charge in [0.1, 0.15) is 18.1 Å². The second-order valence-corrected chi connectivity index (χ2v) is 4.28. The molecule has 0 spiro atoms. The van der Waals surface area contributed by atoms with Crippen molar-refractivity contribution >= 4 is 17.0 Å². The third kappa shape index (κ3) is 2.08. The number of carboxylic acids is 1. The van der Waals surface area contributed by atoms with Gasteiger partial charge in [0.25, 0.3) is 0 Å². The number of aromatic nitrogens is 2. The molecule has 2 N–H and O–H groups in total. The Kier molecular flexibility index (Phi) is 2.75. The molecule has 90 valence electrons. The summed E-state index contributed by atoms with van der Waals surface area (Å²) in [7, 11) is 0. The van der Waals surface area contributed by atoms with E-state index >= 15 is 0 Å². The van der Waals surface area contributed by atoms with E-state index < -0.39 is 5.97 Å². The molecule has 0 aliphatic rings. The highest BCUT2D eigenvalue weighted by Gasteiger charge is 2.15. The van der Waals surface area contributed by atoms with Crippen molar-refractivity contribution < 1.29 is 15.0 Å². The van der Waals surface area contributed by atoms with Crippen molar-refractivity contribution in [2.45, 2.75) is 26.3 Å². The van der Waals surface area contributed by atoms with Gasteiger partial charge in [-0.25, -0.2) is 4.98 Å². The summed E-state index contributed by atoms with van der Waals surface area (Å²) in [6.45, 7) is 3.77. The predicted molar refractivity (Wildman–Crippen MR) is 63.1 cm³/mol. The molecule has 0 aliphatic heterocycles. The number of fused-ring (bicyclic) bond motifs is 1. The number of hydrogen-bond donors (Lipinski definition) is 2. The Morgan fingerprint density at radius 1 is 1.47 bits per heavy atom. The molecule has 5 nitrogen and oxygen atoms in total. The maximum Gasteiger partial charge on any atom is 0.323 e. The van der Waals surface area contributed by atoms with Crippen LogP contribution in [0.15, 0.2) is 18.2 Å². The number of phenolic OH excluding ortho intramolecular Hbond substituents is 1. The molecule has 2 rings (SSSR count). The summed E-state index contributed by atoms with van der Waals surface area (Å²) >= 11 is 0. The van der Waals surface area contributed by atoms with E-state index in [1.165, 1.54) is 6.07 Å². The van der Waals surface area contributed by atoms with Crippen LogP contribution in [0, 0.1) is 0 Å². The summed E-state index contributed by atoms with van der Waals surface area (Å²) < 4.78 is 1.63. The Labute approximate surface area is 98.3 Å². The van der Waals surface area contributed by atoms with Crippen molar-refractivity contribution in [2.75, 3.05) is 0 Å². The Hall–Kier alpha value is -2.04. The summed E-state index contributed by atoms with van der Waals surface area (Å²) in [5, 5.41) is 18.4. The van der Waals surface area contributed by atoms with Crippen LogP contribution < -0.4 is 0 Å². The molecule has 1 heterocycles. The lowest BCUT2D eigenvalue weighted by Gasteiger charge is -2.08. The summed E-state index contributed by atoms with van der Waals surface area (Å²) in [4.78, 5) is 15.3.